The molecule has 10 heteroatoms. The van der Waals surface area contributed by atoms with Gasteiger partial charge in [0, 0.05) is 55.2 Å². The van der Waals surface area contributed by atoms with Crippen molar-refractivity contribution in [2.24, 2.45) is 0 Å². The third kappa shape index (κ3) is 4.81. The Morgan fingerprint density at radius 3 is 2.41 bits per heavy atom. The standard InChI is InChI=1S/C19H24F3N3O4/c1-23-6-8-24(9-7-23)14-2-3-15(17(26)27)16(12-14)25(18(28)19(20,21)22)13-4-10-29-11-5-13/h2-3,12-13H,4-11H2,1H3,(H,26,27)/i1D3. The highest BCUT2D eigenvalue weighted by atomic mass is 19.4. The highest BCUT2D eigenvalue weighted by Gasteiger charge is 2.46. The maximum Gasteiger partial charge on any atom is 0.471 e. The van der Waals surface area contributed by atoms with Crippen LogP contribution in [0, 0.1) is 0 Å². The van der Waals surface area contributed by atoms with Crippen molar-refractivity contribution in [3.05, 3.63) is 23.8 Å². The Morgan fingerprint density at radius 1 is 1.21 bits per heavy atom. The molecule has 0 unspecified atom stereocenters. The molecule has 0 radical (unpaired) electrons. The molecule has 3 rings (SSSR count). The summed E-state index contributed by atoms with van der Waals surface area (Å²) in [7, 11) is 0. The van der Waals surface area contributed by atoms with Gasteiger partial charge in [-0.15, -0.1) is 0 Å². The van der Waals surface area contributed by atoms with Crippen molar-refractivity contribution in [1.82, 2.24) is 4.90 Å². The number of anilines is 2. The maximum absolute atomic E-state index is 13.4. The van der Waals surface area contributed by atoms with E-state index in [9.17, 15) is 27.9 Å². The Labute approximate surface area is 170 Å². The zero-order valence-electron chi connectivity index (χ0n) is 18.6. The highest BCUT2D eigenvalue weighted by Crippen LogP contribution is 2.34. The number of amides is 1. The van der Waals surface area contributed by atoms with Crippen LogP contribution in [0.5, 0.6) is 0 Å². The topological polar surface area (TPSA) is 73.3 Å². The molecule has 1 aromatic carbocycles. The first-order valence-electron chi connectivity index (χ1n) is 10.7. The molecule has 0 aromatic heterocycles. The summed E-state index contributed by atoms with van der Waals surface area (Å²) in [5, 5.41) is 9.60. The number of aromatic carboxylic acids is 1. The van der Waals surface area contributed by atoms with Gasteiger partial charge in [0.15, 0.2) is 0 Å². The molecule has 0 aliphatic carbocycles. The number of ether oxygens (including phenoxy) is 1. The Hall–Kier alpha value is -2.33. The van der Waals surface area contributed by atoms with E-state index in [1.54, 1.807) is 4.90 Å². The number of halogens is 3. The smallest absolute Gasteiger partial charge is 0.471 e. The van der Waals surface area contributed by atoms with Gasteiger partial charge in [0.05, 0.1) is 11.3 Å². The molecule has 2 saturated heterocycles. The Bertz CT molecular complexity index is 852. The van der Waals surface area contributed by atoms with Gasteiger partial charge < -0.3 is 24.5 Å². The van der Waals surface area contributed by atoms with Gasteiger partial charge in [0.1, 0.15) is 0 Å². The lowest BCUT2D eigenvalue weighted by Gasteiger charge is -2.37. The summed E-state index contributed by atoms with van der Waals surface area (Å²) in [5.74, 6) is -3.58. The molecule has 1 amide bonds. The normalized spacial score (nSPS) is 21.2. The van der Waals surface area contributed by atoms with Gasteiger partial charge in [0.2, 0.25) is 0 Å². The van der Waals surface area contributed by atoms with Crippen LogP contribution >= 0.6 is 0 Å². The van der Waals surface area contributed by atoms with Gasteiger partial charge in [-0.2, -0.15) is 13.2 Å². The van der Waals surface area contributed by atoms with E-state index in [1.165, 1.54) is 23.1 Å². The van der Waals surface area contributed by atoms with Gasteiger partial charge in [-0.1, -0.05) is 0 Å². The minimum Gasteiger partial charge on any atom is -0.478 e. The molecule has 2 aliphatic heterocycles. The zero-order chi connectivity index (χ0) is 23.7. The van der Waals surface area contributed by atoms with Crippen molar-refractivity contribution < 1.29 is 36.7 Å². The second-order valence-electron chi connectivity index (χ2n) is 7.00. The minimum atomic E-state index is -5.19. The number of likely N-dealkylation sites (N-methyl/N-ethyl adjacent to an activating group) is 1. The van der Waals surface area contributed by atoms with E-state index in [4.69, 9.17) is 8.85 Å². The molecule has 0 spiro atoms. The van der Waals surface area contributed by atoms with Crippen LogP contribution in [0.25, 0.3) is 0 Å². The van der Waals surface area contributed by atoms with Crippen LogP contribution < -0.4 is 9.80 Å². The first kappa shape index (κ1) is 17.5. The van der Waals surface area contributed by atoms with Crippen LogP contribution in [0.15, 0.2) is 18.2 Å². The number of benzene rings is 1. The van der Waals surface area contributed by atoms with Crippen LogP contribution in [0.3, 0.4) is 0 Å². The molecule has 0 bridgehead atoms. The molecule has 0 atom stereocenters. The number of rotatable bonds is 4. The third-order valence-corrected chi connectivity index (χ3v) is 5.13. The lowest BCUT2D eigenvalue weighted by molar-refractivity contribution is -0.171. The van der Waals surface area contributed by atoms with E-state index in [1.807, 2.05) is 0 Å². The van der Waals surface area contributed by atoms with Crippen LogP contribution in [0.2, 0.25) is 0 Å². The molecule has 7 nitrogen and oxygen atoms in total. The van der Waals surface area contributed by atoms with Crippen molar-refractivity contribution in [3.8, 4) is 0 Å². The summed E-state index contributed by atoms with van der Waals surface area (Å²) in [6, 6.07) is 3.05. The van der Waals surface area contributed by atoms with E-state index in [-0.39, 0.29) is 57.9 Å². The average molecular weight is 418 g/mol. The van der Waals surface area contributed by atoms with Crippen LogP contribution in [-0.2, 0) is 9.53 Å². The molecule has 2 fully saturated rings. The number of piperazine rings is 1. The van der Waals surface area contributed by atoms with E-state index >= 15 is 0 Å². The van der Waals surface area contributed by atoms with Crippen LogP contribution in [0.4, 0.5) is 24.5 Å². The zero-order valence-corrected chi connectivity index (χ0v) is 15.6. The summed E-state index contributed by atoms with van der Waals surface area (Å²) < 4.78 is 68.0. The molecule has 1 N–H and O–H groups in total. The van der Waals surface area contributed by atoms with Crippen molar-refractivity contribution >= 4 is 23.3 Å². The number of carbonyl (C=O) groups is 2. The van der Waals surface area contributed by atoms with Crippen molar-refractivity contribution in [2.45, 2.75) is 25.1 Å². The number of alkyl halides is 3. The fourth-order valence-corrected chi connectivity index (χ4v) is 3.61. The molecule has 160 valence electrons. The predicted octanol–water partition coefficient (Wildman–Crippen LogP) is 2.21. The molecule has 1 aromatic rings. The van der Waals surface area contributed by atoms with Crippen molar-refractivity contribution in [1.29, 1.82) is 0 Å². The van der Waals surface area contributed by atoms with E-state index in [0.717, 1.165) is 0 Å². The van der Waals surface area contributed by atoms with Crippen molar-refractivity contribution in [3.63, 3.8) is 0 Å². The number of carbonyl (C=O) groups excluding carboxylic acids is 1. The Balaban J connectivity index is 1.98. The molecule has 2 heterocycles. The monoisotopic (exact) mass is 418 g/mol. The summed E-state index contributed by atoms with van der Waals surface area (Å²) in [6.45, 7) is -0.945. The fraction of sp³-hybridized carbons (Fsp3) is 0.579. The minimum absolute atomic E-state index is 0.141. The summed E-state index contributed by atoms with van der Waals surface area (Å²) >= 11 is 0. The lowest BCUT2D eigenvalue weighted by atomic mass is 10.0. The van der Waals surface area contributed by atoms with Crippen molar-refractivity contribution in [2.75, 3.05) is 56.2 Å². The number of carboxylic acid groups (broad SMARTS) is 1. The number of nitrogens with zero attached hydrogens (tertiary/aromatic N) is 3. The summed E-state index contributed by atoms with van der Waals surface area (Å²) in [6.07, 6.45) is -4.90. The SMILES string of the molecule is [2H]C([2H])([2H])N1CCN(c2ccc(C(=O)O)c(N(C(=O)C(F)(F)F)C3CCOCC3)c2)CC1. The van der Waals surface area contributed by atoms with E-state index in [2.05, 4.69) is 0 Å². The third-order valence-electron chi connectivity index (χ3n) is 5.13. The summed E-state index contributed by atoms with van der Waals surface area (Å²) in [5.41, 5.74) is -0.330. The highest BCUT2D eigenvalue weighted by molar-refractivity contribution is 6.05. The lowest BCUT2D eigenvalue weighted by Crippen LogP contribution is -2.50. The second-order valence-corrected chi connectivity index (χ2v) is 7.00. The quantitative estimate of drug-likeness (QED) is 0.809. The molecular formula is C19H24F3N3O4. The van der Waals surface area contributed by atoms with Gasteiger partial charge in [-0.3, -0.25) is 4.79 Å². The Morgan fingerprint density at radius 2 is 1.86 bits per heavy atom. The number of hydrogen-bond donors (Lipinski definition) is 1. The van der Waals surface area contributed by atoms with Gasteiger partial charge in [-0.25, -0.2) is 4.79 Å². The van der Waals surface area contributed by atoms with E-state index < -0.39 is 36.6 Å². The first-order valence-corrected chi connectivity index (χ1v) is 9.25. The summed E-state index contributed by atoms with van der Waals surface area (Å²) in [4.78, 5) is 27.8. The fourth-order valence-electron chi connectivity index (χ4n) is 3.61. The predicted molar refractivity (Wildman–Crippen MR) is 100 cm³/mol. The second kappa shape index (κ2) is 8.58. The molecule has 29 heavy (non-hydrogen) atoms. The van der Waals surface area contributed by atoms with Crippen LogP contribution in [0.1, 0.15) is 27.3 Å². The molecule has 2 aliphatic rings. The number of hydrogen-bond acceptors (Lipinski definition) is 5. The largest absolute Gasteiger partial charge is 0.478 e. The maximum atomic E-state index is 13.4. The Kier molecular flexibility index (Phi) is 5.18. The average Bonchev–Trinajstić information content (AvgIpc) is 2.73. The van der Waals surface area contributed by atoms with Gasteiger partial charge in [0.25, 0.3) is 0 Å². The first-order chi connectivity index (χ1) is 14.9. The van der Waals surface area contributed by atoms with Gasteiger partial charge >= 0.3 is 18.1 Å². The van der Waals surface area contributed by atoms with Crippen LogP contribution in [-0.4, -0.2) is 80.5 Å². The molecule has 0 saturated carbocycles. The number of carboxylic acids is 1. The van der Waals surface area contributed by atoms with Gasteiger partial charge in [-0.05, 0) is 38.0 Å². The molecular weight excluding hydrogens is 391 g/mol. The van der Waals surface area contributed by atoms with E-state index in [0.29, 0.717) is 10.6 Å².